The molecule has 0 aromatic heterocycles. The number of unbranched alkanes of at least 4 members (excludes halogenated alkanes) is 1. The highest BCUT2D eigenvalue weighted by Gasteiger charge is 2.78. The highest BCUT2D eigenvalue weighted by atomic mass is 33.1. The lowest BCUT2D eigenvalue weighted by Gasteiger charge is -2.67. The van der Waals surface area contributed by atoms with E-state index < -0.39 is 119 Å². The van der Waals surface area contributed by atoms with E-state index in [9.17, 15) is 34.2 Å². The molecule has 3 N–H and O–H groups in total. The molecular formula is C55H63NO15S2. The minimum atomic E-state index is -2.44. The summed E-state index contributed by atoms with van der Waals surface area (Å²) in [4.78, 5) is 100. The van der Waals surface area contributed by atoms with E-state index in [4.69, 9.17) is 28.4 Å². The van der Waals surface area contributed by atoms with Gasteiger partial charge in [0.05, 0.1) is 29.6 Å². The van der Waals surface area contributed by atoms with Crippen molar-refractivity contribution in [3.05, 3.63) is 119 Å². The first-order valence-electron chi connectivity index (χ1n) is 24.7. The molecule has 0 spiro atoms. The maximum absolute atomic E-state index is 15.8. The van der Waals surface area contributed by atoms with Crippen molar-refractivity contribution in [3.63, 3.8) is 0 Å². The number of ether oxygens (including phenoxy) is 6. The Bertz CT molecular complexity index is 2610. The second-order valence-electron chi connectivity index (χ2n) is 20.4. The van der Waals surface area contributed by atoms with Gasteiger partial charge in [-0.05, 0) is 74.1 Å². The molecule has 1 amide bonds. The molecule has 5 aliphatic rings. The summed E-state index contributed by atoms with van der Waals surface area (Å²) in [6, 6.07) is 23.3. The number of Topliss-reactive ketones (excluding diaryl/α,β-unsaturated/α-hetero) is 1. The number of carbonyl (C=O) groups is 7. The van der Waals surface area contributed by atoms with Crippen LogP contribution in [0.4, 0.5) is 0 Å². The number of hydrogen-bond acceptors (Lipinski definition) is 17. The molecule has 2 aliphatic heterocycles. The van der Waals surface area contributed by atoms with Crippen LogP contribution in [0.25, 0.3) is 0 Å². The Morgan fingerprint density at radius 2 is 1.49 bits per heavy atom. The smallest absolute Gasteiger partial charge is 0.350 e. The lowest BCUT2D eigenvalue weighted by atomic mass is 9.44. The predicted octanol–water partition coefficient (Wildman–Crippen LogP) is 7.00. The van der Waals surface area contributed by atoms with Crippen LogP contribution >= 0.6 is 21.6 Å². The maximum Gasteiger partial charge on any atom is 0.350 e. The lowest BCUT2D eigenvalue weighted by Crippen LogP contribution is -2.82. The summed E-state index contributed by atoms with van der Waals surface area (Å²) < 4.78 is 37.1. The van der Waals surface area contributed by atoms with E-state index in [-0.39, 0.29) is 41.7 Å². The fourth-order valence-corrected chi connectivity index (χ4v) is 14.7. The minimum absolute atomic E-state index is 0.00948. The van der Waals surface area contributed by atoms with E-state index in [0.29, 0.717) is 17.2 Å². The zero-order valence-electron chi connectivity index (χ0n) is 41.7. The minimum Gasteiger partial charge on any atom is -0.455 e. The number of rotatable bonds is 16. The summed E-state index contributed by atoms with van der Waals surface area (Å²) in [5.74, 6) is -6.47. The molecule has 2 heterocycles. The van der Waals surface area contributed by atoms with E-state index in [1.165, 1.54) is 19.1 Å². The fourth-order valence-electron chi connectivity index (χ4n) is 11.7. The summed E-state index contributed by atoms with van der Waals surface area (Å²) in [5.41, 5.74) is -7.16. The number of nitrogens with one attached hydrogen (secondary N) is 1. The zero-order chi connectivity index (χ0) is 52.5. The van der Waals surface area contributed by atoms with Gasteiger partial charge in [-0.3, -0.25) is 24.0 Å². The summed E-state index contributed by atoms with van der Waals surface area (Å²) >= 11 is 0. The molecule has 3 aromatic carbocycles. The van der Waals surface area contributed by atoms with Crippen molar-refractivity contribution in [1.82, 2.24) is 5.32 Å². The first-order valence-corrected chi connectivity index (χ1v) is 27.1. The molecule has 18 heteroatoms. The monoisotopic (exact) mass is 1040 g/mol. The predicted molar refractivity (Wildman–Crippen MR) is 268 cm³/mol. The average Bonchev–Trinajstić information content (AvgIpc) is 3.89. The van der Waals surface area contributed by atoms with Gasteiger partial charge >= 0.3 is 29.8 Å². The van der Waals surface area contributed by atoms with Crippen LogP contribution in [-0.4, -0.2) is 117 Å². The van der Waals surface area contributed by atoms with Crippen molar-refractivity contribution in [2.45, 2.75) is 146 Å². The normalized spacial score (nSPS) is 30.8. The van der Waals surface area contributed by atoms with E-state index >= 15 is 9.59 Å². The first-order chi connectivity index (χ1) is 34.7. The van der Waals surface area contributed by atoms with Crippen molar-refractivity contribution in [2.24, 2.45) is 16.7 Å². The number of carbonyl (C=O) groups excluding carboxylic acids is 7. The van der Waals surface area contributed by atoms with E-state index in [1.807, 2.05) is 21.6 Å². The Kier molecular flexibility index (Phi) is 16.0. The van der Waals surface area contributed by atoms with Gasteiger partial charge in [0.25, 0.3) is 5.91 Å². The summed E-state index contributed by atoms with van der Waals surface area (Å²) in [6.07, 6.45) is -7.38. The molecule has 2 saturated heterocycles. The number of aliphatic hydroxyl groups is 2. The second-order valence-corrected chi connectivity index (χ2v) is 23.2. The molecule has 2 saturated carbocycles. The summed E-state index contributed by atoms with van der Waals surface area (Å²) in [5, 5.41) is 29.6. The molecule has 16 nitrogen and oxygen atoms in total. The van der Waals surface area contributed by atoms with Gasteiger partial charge in [-0.2, -0.15) is 0 Å². The zero-order valence-corrected chi connectivity index (χ0v) is 43.4. The number of esters is 5. The van der Waals surface area contributed by atoms with Gasteiger partial charge in [0, 0.05) is 55.1 Å². The third-order valence-corrected chi connectivity index (χ3v) is 18.6. The van der Waals surface area contributed by atoms with Crippen LogP contribution in [0.15, 0.2) is 102 Å². The van der Waals surface area contributed by atoms with Crippen LogP contribution in [0.5, 0.6) is 0 Å². The quantitative estimate of drug-likeness (QED) is 0.0431. The SMILES string of the molecule is CC(=O)O[C@H]1C(=O)[C@@]2(C)[C@H]([C@H](OC(=O)c3ccccc3)[C@]3(O)C[C@H](OC(=O)[C@H](OC(=O)CCCCC4CCSS4)[C@@H](NC(=O)c4ccccc4)c4ccccc4)C(C)=C1C3(C)C)[C@]1(OC(C)=O)CO[C@@H]1C[C@@H]2O. The van der Waals surface area contributed by atoms with Gasteiger partial charge in [0.15, 0.2) is 17.5 Å². The number of benzene rings is 3. The number of hydrogen-bond donors (Lipinski definition) is 3. The highest BCUT2D eigenvalue weighted by Crippen LogP contribution is 2.64. The van der Waals surface area contributed by atoms with Crippen molar-refractivity contribution >= 4 is 63.1 Å². The molecule has 12 atom stereocenters. The Morgan fingerprint density at radius 1 is 0.849 bits per heavy atom. The van der Waals surface area contributed by atoms with Crippen molar-refractivity contribution in [3.8, 4) is 0 Å². The van der Waals surface area contributed by atoms with Crippen LogP contribution in [0.3, 0.4) is 0 Å². The molecular weight excluding hydrogens is 979 g/mol. The number of ketones is 1. The van der Waals surface area contributed by atoms with Gasteiger partial charge in [0.2, 0.25) is 6.10 Å². The number of aliphatic hydroxyl groups excluding tert-OH is 1. The number of amides is 1. The van der Waals surface area contributed by atoms with E-state index in [2.05, 4.69) is 5.32 Å². The topological polar surface area (TPSA) is 227 Å². The van der Waals surface area contributed by atoms with Crippen molar-refractivity contribution in [1.29, 1.82) is 0 Å². The van der Waals surface area contributed by atoms with Crippen molar-refractivity contribution in [2.75, 3.05) is 12.4 Å². The van der Waals surface area contributed by atoms with Crippen molar-refractivity contribution < 1.29 is 72.2 Å². The highest BCUT2D eigenvalue weighted by molar-refractivity contribution is 8.77. The standard InChI is InChI=1S/C55H63NO15S2/c1-31-38(68-51(64)45(69-41(60)25-17-16-24-37-26-27-72-73-37)43(34-18-10-7-11-19-34)56-49(62)35-20-12-8-13-21-35)29-55(65)48(70-50(63)36-22-14-9-15-23-36)46-53(6,39(59)28-40-54(46,30-66-40)71-33(3)58)47(61)44(67-32(2)57)42(31)52(55,4)5/h7-15,18-23,37-40,43-46,48,59,65H,16-17,24-30H2,1-6H3,(H,56,62)/t37?,38-,39-,40+,43-,44+,45+,46-,48-,53+,54-,55+/m0/s1. The number of fused-ring (bicyclic) bond motifs is 5. The molecule has 2 bridgehead atoms. The van der Waals surface area contributed by atoms with Crippen LogP contribution in [-0.2, 0) is 52.4 Å². The molecule has 3 aliphatic carbocycles. The Labute approximate surface area is 432 Å². The van der Waals surface area contributed by atoms with Gasteiger partial charge in [0.1, 0.15) is 30.0 Å². The molecule has 4 fully saturated rings. The second kappa shape index (κ2) is 21.7. The van der Waals surface area contributed by atoms with Crippen LogP contribution in [0.2, 0.25) is 0 Å². The Morgan fingerprint density at radius 3 is 2.08 bits per heavy atom. The largest absolute Gasteiger partial charge is 0.455 e. The van der Waals surface area contributed by atoms with E-state index in [1.54, 1.807) is 99.6 Å². The molecule has 1 unspecified atom stereocenters. The van der Waals surface area contributed by atoms with Crippen LogP contribution in [0, 0.1) is 16.7 Å². The molecule has 8 rings (SSSR count). The molecule has 390 valence electrons. The Hall–Kier alpha value is -5.53. The third kappa shape index (κ3) is 10.3. The van der Waals surface area contributed by atoms with Gasteiger partial charge < -0.3 is 44.0 Å². The molecule has 3 aromatic rings. The van der Waals surface area contributed by atoms with Gasteiger partial charge in [-0.15, -0.1) is 0 Å². The third-order valence-electron chi connectivity index (χ3n) is 15.6. The average molecular weight is 1040 g/mol. The Balaban J connectivity index is 1.26. The first kappa shape index (κ1) is 53.8. The lowest BCUT2D eigenvalue weighted by molar-refractivity contribution is -0.346. The van der Waals surface area contributed by atoms with Gasteiger partial charge in [-0.25, -0.2) is 9.59 Å². The van der Waals surface area contributed by atoms with Crippen LogP contribution in [0.1, 0.15) is 119 Å². The van der Waals surface area contributed by atoms with Gasteiger partial charge in [-0.1, -0.05) is 109 Å². The fraction of sp³-hybridized carbons (Fsp3) is 0.509. The van der Waals surface area contributed by atoms with E-state index in [0.717, 1.165) is 38.9 Å². The molecule has 0 radical (unpaired) electrons. The molecule has 73 heavy (non-hydrogen) atoms. The summed E-state index contributed by atoms with van der Waals surface area (Å²) in [6.45, 7) is 8.04. The van der Waals surface area contributed by atoms with Crippen LogP contribution < -0.4 is 5.32 Å². The summed E-state index contributed by atoms with van der Waals surface area (Å²) in [7, 11) is 3.66. The maximum atomic E-state index is 15.8.